The van der Waals surface area contributed by atoms with Gasteiger partial charge in [0.2, 0.25) is 5.89 Å². The highest BCUT2D eigenvalue weighted by molar-refractivity contribution is 14.0. The molecule has 1 aromatic heterocycles. The summed E-state index contributed by atoms with van der Waals surface area (Å²) in [5.74, 6) is 2.23. The van der Waals surface area contributed by atoms with Crippen LogP contribution in [0.25, 0.3) is 0 Å². The lowest BCUT2D eigenvalue weighted by molar-refractivity contribution is 0.371. The maximum absolute atomic E-state index is 5.10. The molecule has 0 radical (unpaired) electrons. The van der Waals surface area contributed by atoms with Crippen LogP contribution in [0.1, 0.15) is 23.7 Å². The van der Waals surface area contributed by atoms with E-state index in [1.807, 2.05) is 26.1 Å². The van der Waals surface area contributed by atoms with Crippen molar-refractivity contribution in [3.05, 3.63) is 46.0 Å². The van der Waals surface area contributed by atoms with Crippen molar-refractivity contribution in [1.29, 1.82) is 0 Å². The van der Waals surface area contributed by atoms with E-state index in [4.69, 9.17) is 4.52 Å². The standard InChI is InChI=1S/C16H22BrN5O.HI/c1-12-20-15(23-21-12)5-4-10-19-16(18-2)22(3)11-13-6-8-14(17)9-7-13;/h6-9H,4-5,10-11H2,1-3H3,(H,18,19);1H. The lowest BCUT2D eigenvalue weighted by Gasteiger charge is -2.22. The molecule has 6 nitrogen and oxygen atoms in total. The van der Waals surface area contributed by atoms with E-state index in [1.165, 1.54) is 5.56 Å². The average molecular weight is 508 g/mol. The van der Waals surface area contributed by atoms with Crippen molar-refractivity contribution in [2.24, 2.45) is 4.99 Å². The first kappa shape index (κ1) is 20.9. The number of benzene rings is 1. The Morgan fingerprint density at radius 2 is 2.04 bits per heavy atom. The second-order valence-electron chi connectivity index (χ2n) is 5.30. The van der Waals surface area contributed by atoms with Crippen LogP contribution in [0.15, 0.2) is 38.3 Å². The summed E-state index contributed by atoms with van der Waals surface area (Å²) in [5.41, 5.74) is 1.24. The zero-order valence-corrected chi connectivity index (χ0v) is 18.0. The molecule has 0 unspecified atom stereocenters. The van der Waals surface area contributed by atoms with Crippen molar-refractivity contribution in [2.45, 2.75) is 26.3 Å². The van der Waals surface area contributed by atoms with Gasteiger partial charge in [0.1, 0.15) is 0 Å². The number of aliphatic imine (C=N–C) groups is 1. The van der Waals surface area contributed by atoms with Gasteiger partial charge in [-0.25, -0.2) is 0 Å². The van der Waals surface area contributed by atoms with Gasteiger partial charge in [-0.15, -0.1) is 24.0 Å². The molecule has 2 rings (SSSR count). The molecular weight excluding hydrogens is 485 g/mol. The minimum atomic E-state index is 0. The largest absolute Gasteiger partial charge is 0.356 e. The predicted molar refractivity (Wildman–Crippen MR) is 110 cm³/mol. The molecule has 0 atom stereocenters. The Kier molecular flexibility index (Phi) is 9.27. The molecule has 0 bridgehead atoms. The summed E-state index contributed by atoms with van der Waals surface area (Å²) in [5, 5.41) is 7.14. The highest BCUT2D eigenvalue weighted by Crippen LogP contribution is 2.11. The molecule has 0 saturated heterocycles. The molecule has 8 heteroatoms. The zero-order valence-electron chi connectivity index (χ0n) is 14.1. The molecule has 1 heterocycles. The zero-order chi connectivity index (χ0) is 16.7. The van der Waals surface area contributed by atoms with E-state index in [0.29, 0.717) is 11.7 Å². The molecule has 0 spiro atoms. The summed E-state index contributed by atoms with van der Waals surface area (Å²) in [6.07, 6.45) is 1.67. The molecule has 132 valence electrons. The topological polar surface area (TPSA) is 66.5 Å². The lowest BCUT2D eigenvalue weighted by atomic mass is 10.2. The van der Waals surface area contributed by atoms with Gasteiger partial charge in [-0.2, -0.15) is 4.98 Å². The smallest absolute Gasteiger partial charge is 0.226 e. The third kappa shape index (κ3) is 6.76. The minimum Gasteiger partial charge on any atom is -0.356 e. The van der Waals surface area contributed by atoms with Crippen molar-refractivity contribution < 1.29 is 4.52 Å². The van der Waals surface area contributed by atoms with Crippen LogP contribution < -0.4 is 5.32 Å². The van der Waals surface area contributed by atoms with Crippen molar-refractivity contribution >= 4 is 45.9 Å². The fourth-order valence-corrected chi connectivity index (χ4v) is 2.47. The van der Waals surface area contributed by atoms with E-state index in [9.17, 15) is 0 Å². The number of hydrogen-bond donors (Lipinski definition) is 1. The van der Waals surface area contributed by atoms with E-state index in [-0.39, 0.29) is 24.0 Å². The molecule has 0 aliphatic carbocycles. The molecule has 0 fully saturated rings. The maximum atomic E-state index is 5.10. The van der Waals surface area contributed by atoms with Crippen LogP contribution in [0.5, 0.6) is 0 Å². The van der Waals surface area contributed by atoms with Gasteiger partial charge in [0, 0.05) is 38.1 Å². The van der Waals surface area contributed by atoms with Gasteiger partial charge in [0.05, 0.1) is 0 Å². The van der Waals surface area contributed by atoms with Crippen molar-refractivity contribution in [1.82, 2.24) is 20.4 Å². The Labute approximate surface area is 168 Å². The molecule has 0 aliphatic rings. The van der Waals surface area contributed by atoms with E-state index >= 15 is 0 Å². The Bertz CT molecular complexity index is 644. The normalized spacial score (nSPS) is 11.1. The highest BCUT2D eigenvalue weighted by atomic mass is 127. The average Bonchev–Trinajstić information content (AvgIpc) is 2.95. The van der Waals surface area contributed by atoms with Gasteiger partial charge in [0.15, 0.2) is 11.8 Å². The van der Waals surface area contributed by atoms with Crippen molar-refractivity contribution in [3.8, 4) is 0 Å². The number of rotatable bonds is 6. The third-order valence-corrected chi connectivity index (χ3v) is 3.86. The second-order valence-corrected chi connectivity index (χ2v) is 6.21. The van der Waals surface area contributed by atoms with E-state index in [2.05, 4.69) is 53.4 Å². The molecule has 24 heavy (non-hydrogen) atoms. The molecule has 1 N–H and O–H groups in total. The first-order valence-electron chi connectivity index (χ1n) is 7.54. The molecular formula is C16H23BrIN5O. The summed E-state index contributed by atoms with van der Waals surface area (Å²) in [4.78, 5) is 10.6. The summed E-state index contributed by atoms with van der Waals surface area (Å²) < 4.78 is 6.19. The second kappa shape index (κ2) is 10.7. The van der Waals surface area contributed by atoms with Crippen LogP contribution in [0.4, 0.5) is 0 Å². The summed E-state index contributed by atoms with van der Waals surface area (Å²) in [6.45, 7) is 3.43. The minimum absolute atomic E-state index is 0. The van der Waals surface area contributed by atoms with Crippen LogP contribution in [0.2, 0.25) is 0 Å². The highest BCUT2D eigenvalue weighted by Gasteiger charge is 2.07. The molecule has 0 aliphatic heterocycles. The fraction of sp³-hybridized carbons (Fsp3) is 0.438. The summed E-state index contributed by atoms with van der Waals surface area (Å²) in [7, 11) is 3.82. The van der Waals surface area contributed by atoms with Crippen LogP contribution in [0.3, 0.4) is 0 Å². The van der Waals surface area contributed by atoms with Crippen LogP contribution in [-0.4, -0.2) is 41.6 Å². The summed E-state index contributed by atoms with van der Waals surface area (Å²) >= 11 is 3.45. The molecule has 1 aromatic carbocycles. The number of hydrogen-bond acceptors (Lipinski definition) is 4. The Morgan fingerprint density at radius 3 is 2.62 bits per heavy atom. The monoisotopic (exact) mass is 507 g/mol. The fourth-order valence-electron chi connectivity index (χ4n) is 2.20. The van der Waals surface area contributed by atoms with Gasteiger partial charge < -0.3 is 14.7 Å². The molecule has 0 amide bonds. The molecule has 2 aromatic rings. The van der Waals surface area contributed by atoms with Gasteiger partial charge in [-0.05, 0) is 31.0 Å². The Hall–Kier alpha value is -1.16. The van der Waals surface area contributed by atoms with Crippen LogP contribution in [0, 0.1) is 6.92 Å². The van der Waals surface area contributed by atoms with Crippen molar-refractivity contribution in [3.63, 3.8) is 0 Å². The first-order chi connectivity index (χ1) is 11.1. The Morgan fingerprint density at radius 1 is 1.33 bits per heavy atom. The van der Waals surface area contributed by atoms with Crippen molar-refractivity contribution in [2.75, 3.05) is 20.6 Å². The van der Waals surface area contributed by atoms with E-state index in [1.54, 1.807) is 7.05 Å². The van der Waals surface area contributed by atoms with Crippen LogP contribution in [-0.2, 0) is 13.0 Å². The van der Waals surface area contributed by atoms with Gasteiger partial charge in [0.25, 0.3) is 0 Å². The molecule has 0 saturated carbocycles. The lowest BCUT2D eigenvalue weighted by Crippen LogP contribution is -2.39. The van der Waals surface area contributed by atoms with E-state index in [0.717, 1.165) is 36.4 Å². The van der Waals surface area contributed by atoms with Gasteiger partial charge in [-0.3, -0.25) is 4.99 Å². The predicted octanol–water partition coefficient (Wildman–Crippen LogP) is 3.40. The number of nitrogens with one attached hydrogen (secondary N) is 1. The number of guanidine groups is 1. The first-order valence-corrected chi connectivity index (χ1v) is 8.33. The van der Waals surface area contributed by atoms with E-state index < -0.39 is 0 Å². The summed E-state index contributed by atoms with van der Waals surface area (Å²) in [6, 6.07) is 8.30. The Balaban J connectivity index is 0.00000288. The number of halogens is 2. The quantitative estimate of drug-likeness (QED) is 0.281. The number of aromatic nitrogens is 2. The van der Waals surface area contributed by atoms with Gasteiger partial charge in [-0.1, -0.05) is 33.2 Å². The number of nitrogens with zero attached hydrogens (tertiary/aromatic N) is 4. The van der Waals surface area contributed by atoms with Crippen LogP contribution >= 0.6 is 39.9 Å². The SMILES string of the molecule is CN=C(NCCCc1nc(C)no1)N(C)Cc1ccc(Br)cc1.I. The maximum Gasteiger partial charge on any atom is 0.226 e. The van der Waals surface area contributed by atoms with Gasteiger partial charge >= 0.3 is 0 Å². The number of aryl methyl sites for hydroxylation is 2. The third-order valence-electron chi connectivity index (χ3n) is 3.33.